The highest BCUT2D eigenvalue weighted by Crippen LogP contribution is 2.26. The maximum atomic E-state index is 11.6. The van der Waals surface area contributed by atoms with Crippen molar-refractivity contribution in [3.05, 3.63) is 18.6 Å². The van der Waals surface area contributed by atoms with Crippen molar-refractivity contribution in [2.75, 3.05) is 31.3 Å². The molecule has 7 nitrogen and oxygen atoms in total. The monoisotopic (exact) mass is 295 g/mol. The van der Waals surface area contributed by atoms with Gasteiger partial charge in [-0.15, -0.1) is 0 Å². The molecule has 0 aliphatic carbocycles. The number of likely N-dealkylation sites (N-methyl/N-ethyl adjacent to an activating group) is 1. The van der Waals surface area contributed by atoms with E-state index in [-0.39, 0.29) is 6.04 Å². The summed E-state index contributed by atoms with van der Waals surface area (Å²) < 4.78 is 24.7. The van der Waals surface area contributed by atoms with E-state index in [1.54, 1.807) is 0 Å². The number of fused-ring (bicyclic) bond motifs is 1. The molecule has 2 aromatic rings. The van der Waals surface area contributed by atoms with Gasteiger partial charge in [-0.25, -0.2) is 22.7 Å². The summed E-state index contributed by atoms with van der Waals surface area (Å²) in [5, 5.41) is 0.952. The van der Waals surface area contributed by atoms with Crippen molar-refractivity contribution in [1.29, 1.82) is 0 Å². The van der Waals surface area contributed by atoms with Crippen LogP contribution in [0.2, 0.25) is 0 Å². The van der Waals surface area contributed by atoms with E-state index in [4.69, 9.17) is 0 Å². The summed E-state index contributed by atoms with van der Waals surface area (Å²) in [6.07, 6.45) is 5.41. The van der Waals surface area contributed by atoms with E-state index in [1.165, 1.54) is 16.9 Å². The van der Waals surface area contributed by atoms with Gasteiger partial charge in [0.1, 0.15) is 17.8 Å². The number of hydrogen-bond acceptors (Lipinski definition) is 5. The number of hydrogen-bond donors (Lipinski definition) is 1. The molecule has 0 amide bonds. The van der Waals surface area contributed by atoms with Gasteiger partial charge in [0.05, 0.1) is 11.6 Å². The van der Waals surface area contributed by atoms with Crippen LogP contribution in [0.5, 0.6) is 0 Å². The number of nitrogens with zero attached hydrogens (tertiary/aromatic N) is 4. The van der Waals surface area contributed by atoms with E-state index in [2.05, 4.69) is 15.0 Å². The molecule has 20 heavy (non-hydrogen) atoms. The summed E-state index contributed by atoms with van der Waals surface area (Å²) >= 11 is 0. The van der Waals surface area contributed by atoms with Crippen molar-refractivity contribution in [2.24, 2.45) is 0 Å². The molecule has 1 fully saturated rings. The first-order valence-electron chi connectivity index (χ1n) is 6.43. The smallest absolute Gasteiger partial charge is 0.211 e. The largest absolute Gasteiger partial charge is 0.355 e. The van der Waals surface area contributed by atoms with Crippen LogP contribution in [-0.4, -0.2) is 60.1 Å². The van der Waals surface area contributed by atoms with Crippen LogP contribution in [0.3, 0.4) is 0 Å². The topological polar surface area (TPSA) is 82.2 Å². The molecule has 1 aliphatic heterocycles. The quantitative estimate of drug-likeness (QED) is 0.888. The third-order valence-corrected chi connectivity index (χ3v) is 5.08. The molecule has 1 saturated heterocycles. The van der Waals surface area contributed by atoms with Crippen molar-refractivity contribution < 1.29 is 8.42 Å². The van der Waals surface area contributed by atoms with Crippen molar-refractivity contribution in [2.45, 2.75) is 12.5 Å². The molecule has 3 rings (SSSR count). The molecule has 108 valence electrons. The molecule has 1 atom stereocenters. The average molecular weight is 295 g/mol. The molecular formula is C12H17N5O2S. The van der Waals surface area contributed by atoms with Gasteiger partial charge < -0.3 is 9.88 Å². The first-order chi connectivity index (χ1) is 9.47. The van der Waals surface area contributed by atoms with Gasteiger partial charge in [-0.3, -0.25) is 0 Å². The highest BCUT2D eigenvalue weighted by atomic mass is 32.2. The number of aromatic nitrogens is 3. The molecule has 0 aromatic carbocycles. The molecule has 1 N–H and O–H groups in total. The lowest BCUT2D eigenvalue weighted by Crippen LogP contribution is -2.36. The zero-order valence-electron chi connectivity index (χ0n) is 11.4. The van der Waals surface area contributed by atoms with E-state index in [9.17, 15) is 8.42 Å². The van der Waals surface area contributed by atoms with Gasteiger partial charge in [0, 0.05) is 32.4 Å². The minimum atomic E-state index is -3.12. The Labute approximate surface area is 117 Å². The number of sulfonamides is 1. The van der Waals surface area contributed by atoms with Crippen molar-refractivity contribution in [3.8, 4) is 0 Å². The average Bonchev–Trinajstić information content (AvgIpc) is 3.05. The van der Waals surface area contributed by atoms with E-state index in [0.717, 1.165) is 23.3 Å². The van der Waals surface area contributed by atoms with Crippen LogP contribution in [0.4, 0.5) is 5.82 Å². The number of nitrogens with one attached hydrogen (secondary N) is 1. The van der Waals surface area contributed by atoms with Crippen LogP contribution >= 0.6 is 0 Å². The summed E-state index contributed by atoms with van der Waals surface area (Å²) in [7, 11) is -1.17. The number of rotatable bonds is 3. The van der Waals surface area contributed by atoms with Gasteiger partial charge in [-0.05, 0) is 12.5 Å². The first kappa shape index (κ1) is 13.3. The molecule has 0 unspecified atom stereocenters. The van der Waals surface area contributed by atoms with E-state index < -0.39 is 10.0 Å². The Kier molecular flexibility index (Phi) is 3.14. The molecule has 0 spiro atoms. The predicted molar refractivity (Wildman–Crippen MR) is 77.1 cm³/mol. The fourth-order valence-corrected chi connectivity index (χ4v) is 3.52. The summed E-state index contributed by atoms with van der Waals surface area (Å²) in [5.74, 6) is 0.830. The minimum absolute atomic E-state index is 0.137. The standard InChI is InChI=1S/C12H17N5O2S/c1-16(9-4-6-17(7-9)20(2,18)19)12-10-3-5-13-11(10)14-8-15-12/h3,5,8-9H,4,6-7H2,1-2H3,(H,13,14,15)/t9-/m0/s1. The van der Waals surface area contributed by atoms with Crippen LogP contribution in [0.15, 0.2) is 18.6 Å². The summed E-state index contributed by atoms with van der Waals surface area (Å²) in [4.78, 5) is 13.6. The third-order valence-electron chi connectivity index (χ3n) is 3.81. The molecule has 0 radical (unpaired) electrons. The van der Waals surface area contributed by atoms with Crippen LogP contribution in [0.25, 0.3) is 11.0 Å². The molecule has 2 aromatic heterocycles. The minimum Gasteiger partial charge on any atom is -0.355 e. The number of anilines is 1. The van der Waals surface area contributed by atoms with Gasteiger partial charge in [-0.2, -0.15) is 0 Å². The van der Waals surface area contributed by atoms with Gasteiger partial charge in [-0.1, -0.05) is 0 Å². The maximum Gasteiger partial charge on any atom is 0.211 e. The van der Waals surface area contributed by atoms with E-state index in [0.29, 0.717) is 13.1 Å². The number of H-pyrrole nitrogens is 1. The fraction of sp³-hybridized carbons (Fsp3) is 0.500. The first-order valence-corrected chi connectivity index (χ1v) is 8.27. The summed E-state index contributed by atoms with van der Waals surface area (Å²) in [6.45, 7) is 1.07. The SMILES string of the molecule is CN(c1ncnc2[nH]ccc12)[C@H]1CCN(S(C)(=O)=O)C1. The highest BCUT2D eigenvalue weighted by molar-refractivity contribution is 7.88. The van der Waals surface area contributed by atoms with Crippen molar-refractivity contribution in [1.82, 2.24) is 19.3 Å². The zero-order valence-corrected chi connectivity index (χ0v) is 12.3. The molecule has 3 heterocycles. The van der Waals surface area contributed by atoms with Gasteiger partial charge in [0.2, 0.25) is 10.0 Å². The molecular weight excluding hydrogens is 278 g/mol. The normalized spacial score (nSPS) is 20.6. The predicted octanol–water partition coefficient (Wildman–Crippen LogP) is 0.428. The highest BCUT2D eigenvalue weighted by Gasteiger charge is 2.31. The number of aromatic amines is 1. The van der Waals surface area contributed by atoms with Crippen LogP contribution < -0.4 is 4.90 Å². The summed E-state index contributed by atoms with van der Waals surface area (Å²) in [6, 6.07) is 2.07. The Hall–Kier alpha value is -1.67. The Morgan fingerprint density at radius 3 is 2.95 bits per heavy atom. The Morgan fingerprint density at radius 1 is 1.45 bits per heavy atom. The van der Waals surface area contributed by atoms with Crippen molar-refractivity contribution >= 4 is 26.9 Å². The lowest BCUT2D eigenvalue weighted by atomic mass is 10.2. The van der Waals surface area contributed by atoms with Gasteiger partial charge >= 0.3 is 0 Å². The third kappa shape index (κ3) is 2.25. The van der Waals surface area contributed by atoms with Crippen LogP contribution in [-0.2, 0) is 10.0 Å². The zero-order chi connectivity index (χ0) is 14.3. The summed E-state index contributed by atoms with van der Waals surface area (Å²) in [5.41, 5.74) is 0.791. The van der Waals surface area contributed by atoms with Gasteiger partial charge in [0.15, 0.2) is 0 Å². The van der Waals surface area contributed by atoms with Gasteiger partial charge in [0.25, 0.3) is 0 Å². The Balaban J connectivity index is 1.87. The second-order valence-electron chi connectivity index (χ2n) is 5.11. The fourth-order valence-electron chi connectivity index (χ4n) is 2.64. The lowest BCUT2D eigenvalue weighted by Gasteiger charge is -2.25. The lowest BCUT2D eigenvalue weighted by molar-refractivity contribution is 0.476. The molecule has 8 heteroatoms. The van der Waals surface area contributed by atoms with Crippen molar-refractivity contribution in [3.63, 3.8) is 0 Å². The Bertz CT molecular complexity index is 726. The Morgan fingerprint density at radius 2 is 2.25 bits per heavy atom. The maximum absolute atomic E-state index is 11.6. The van der Waals surface area contributed by atoms with E-state index in [1.807, 2.05) is 24.2 Å². The molecule has 1 aliphatic rings. The van der Waals surface area contributed by atoms with Crippen LogP contribution in [0.1, 0.15) is 6.42 Å². The second-order valence-corrected chi connectivity index (χ2v) is 7.09. The molecule has 0 bridgehead atoms. The molecule has 0 saturated carbocycles. The van der Waals surface area contributed by atoms with Crippen LogP contribution in [0, 0.1) is 0 Å². The second kappa shape index (κ2) is 4.71. The van der Waals surface area contributed by atoms with E-state index >= 15 is 0 Å².